The SMILES string of the molecule is CCNC(=NCc1ccccc1C)NCCN1CCN(c2ncccn2)CC1. The maximum Gasteiger partial charge on any atom is 0.225 e. The van der Waals surface area contributed by atoms with Crippen molar-refractivity contribution in [3.8, 4) is 0 Å². The van der Waals surface area contributed by atoms with Crippen LogP contribution in [0, 0.1) is 6.92 Å². The first-order valence-corrected chi connectivity index (χ1v) is 10.1. The quantitative estimate of drug-likeness (QED) is 0.562. The van der Waals surface area contributed by atoms with E-state index in [-0.39, 0.29) is 0 Å². The molecule has 1 aliphatic rings. The van der Waals surface area contributed by atoms with Crippen LogP contribution in [-0.2, 0) is 6.54 Å². The molecule has 0 bridgehead atoms. The normalized spacial score (nSPS) is 15.5. The number of piperazine rings is 1. The van der Waals surface area contributed by atoms with Crippen LogP contribution in [0.5, 0.6) is 0 Å². The Balaban J connectivity index is 1.42. The topological polar surface area (TPSA) is 68.7 Å². The summed E-state index contributed by atoms with van der Waals surface area (Å²) in [6.07, 6.45) is 3.61. The molecule has 1 aromatic carbocycles. The second-order valence-corrected chi connectivity index (χ2v) is 6.93. The maximum atomic E-state index is 4.73. The summed E-state index contributed by atoms with van der Waals surface area (Å²) < 4.78 is 0. The highest BCUT2D eigenvalue weighted by Crippen LogP contribution is 2.09. The van der Waals surface area contributed by atoms with Crippen molar-refractivity contribution in [1.29, 1.82) is 0 Å². The van der Waals surface area contributed by atoms with E-state index in [4.69, 9.17) is 4.99 Å². The van der Waals surface area contributed by atoms with Gasteiger partial charge in [-0.25, -0.2) is 15.0 Å². The Morgan fingerprint density at radius 2 is 1.79 bits per heavy atom. The molecule has 1 aromatic heterocycles. The Morgan fingerprint density at radius 3 is 2.50 bits per heavy atom. The first-order chi connectivity index (χ1) is 13.8. The van der Waals surface area contributed by atoms with Gasteiger partial charge < -0.3 is 15.5 Å². The molecule has 0 aliphatic carbocycles. The third-order valence-electron chi connectivity index (χ3n) is 4.94. The molecular weight excluding hydrogens is 350 g/mol. The third kappa shape index (κ3) is 5.92. The minimum absolute atomic E-state index is 0.692. The van der Waals surface area contributed by atoms with Crippen LogP contribution < -0.4 is 15.5 Å². The van der Waals surface area contributed by atoms with E-state index in [0.717, 1.165) is 57.7 Å². The minimum Gasteiger partial charge on any atom is -0.357 e. The molecule has 1 aliphatic heterocycles. The van der Waals surface area contributed by atoms with Gasteiger partial charge in [0.2, 0.25) is 5.95 Å². The summed E-state index contributed by atoms with van der Waals surface area (Å²) in [6, 6.07) is 10.3. The fourth-order valence-corrected chi connectivity index (χ4v) is 3.25. The lowest BCUT2D eigenvalue weighted by molar-refractivity contribution is 0.260. The molecule has 0 atom stereocenters. The van der Waals surface area contributed by atoms with E-state index < -0.39 is 0 Å². The average molecular weight is 382 g/mol. The molecule has 0 amide bonds. The molecule has 0 spiro atoms. The Labute approximate surface area is 167 Å². The predicted molar refractivity (Wildman–Crippen MR) is 115 cm³/mol. The van der Waals surface area contributed by atoms with Gasteiger partial charge >= 0.3 is 0 Å². The first-order valence-electron chi connectivity index (χ1n) is 10.1. The Morgan fingerprint density at radius 1 is 1.04 bits per heavy atom. The zero-order valence-corrected chi connectivity index (χ0v) is 16.9. The second kappa shape index (κ2) is 10.6. The number of anilines is 1. The van der Waals surface area contributed by atoms with Crippen molar-refractivity contribution in [2.45, 2.75) is 20.4 Å². The lowest BCUT2D eigenvalue weighted by Gasteiger charge is -2.34. The molecule has 7 nitrogen and oxygen atoms in total. The van der Waals surface area contributed by atoms with Gasteiger partial charge in [-0.3, -0.25) is 4.90 Å². The van der Waals surface area contributed by atoms with Gasteiger partial charge in [-0.05, 0) is 31.0 Å². The number of guanidine groups is 1. The van der Waals surface area contributed by atoms with E-state index in [2.05, 4.69) is 68.5 Å². The van der Waals surface area contributed by atoms with Crippen molar-refractivity contribution < 1.29 is 0 Å². The molecule has 7 heteroatoms. The average Bonchev–Trinajstić information content (AvgIpc) is 2.74. The summed E-state index contributed by atoms with van der Waals surface area (Å²) in [7, 11) is 0. The predicted octanol–water partition coefficient (Wildman–Crippen LogP) is 1.66. The summed E-state index contributed by atoms with van der Waals surface area (Å²) >= 11 is 0. The minimum atomic E-state index is 0.692. The number of aryl methyl sites for hydroxylation is 1. The molecule has 0 unspecified atom stereocenters. The number of benzene rings is 1. The number of hydrogen-bond donors (Lipinski definition) is 2. The van der Waals surface area contributed by atoms with E-state index >= 15 is 0 Å². The summed E-state index contributed by atoms with van der Waals surface area (Å²) in [5, 5.41) is 6.79. The van der Waals surface area contributed by atoms with Crippen LogP contribution in [0.4, 0.5) is 5.95 Å². The lowest BCUT2D eigenvalue weighted by atomic mass is 10.1. The Hall–Kier alpha value is -2.67. The molecule has 1 fully saturated rings. The van der Waals surface area contributed by atoms with Crippen LogP contribution in [0.15, 0.2) is 47.7 Å². The molecule has 28 heavy (non-hydrogen) atoms. The van der Waals surface area contributed by atoms with Gasteiger partial charge in [-0.15, -0.1) is 0 Å². The number of hydrogen-bond acceptors (Lipinski definition) is 5. The van der Waals surface area contributed by atoms with E-state index in [1.54, 1.807) is 12.4 Å². The lowest BCUT2D eigenvalue weighted by Crippen LogP contribution is -2.49. The van der Waals surface area contributed by atoms with Gasteiger partial charge in [0.05, 0.1) is 6.54 Å². The number of aromatic nitrogens is 2. The zero-order valence-electron chi connectivity index (χ0n) is 16.9. The summed E-state index contributed by atoms with van der Waals surface area (Å²) in [6.45, 7) is 11.6. The molecule has 2 aromatic rings. The van der Waals surface area contributed by atoms with Crippen molar-refractivity contribution in [3.05, 3.63) is 53.9 Å². The van der Waals surface area contributed by atoms with E-state index in [9.17, 15) is 0 Å². The standard InChI is InChI=1S/C21H31N7/c1-3-22-20(26-17-19-8-5-4-7-18(19)2)23-11-12-27-13-15-28(16-14-27)21-24-9-6-10-25-21/h4-10H,3,11-17H2,1-2H3,(H2,22,23,26). The number of nitrogens with one attached hydrogen (secondary N) is 2. The van der Waals surface area contributed by atoms with Crippen molar-refractivity contribution in [3.63, 3.8) is 0 Å². The molecule has 3 rings (SSSR count). The van der Waals surface area contributed by atoms with Gasteiger partial charge in [0, 0.05) is 58.2 Å². The van der Waals surface area contributed by atoms with E-state index in [0.29, 0.717) is 6.54 Å². The number of nitrogens with zero attached hydrogens (tertiary/aromatic N) is 5. The Bertz CT molecular complexity index is 739. The second-order valence-electron chi connectivity index (χ2n) is 6.93. The smallest absolute Gasteiger partial charge is 0.225 e. The van der Waals surface area contributed by atoms with Gasteiger partial charge in [-0.2, -0.15) is 0 Å². The third-order valence-corrected chi connectivity index (χ3v) is 4.94. The first kappa shape index (κ1) is 20.1. The molecule has 150 valence electrons. The highest BCUT2D eigenvalue weighted by molar-refractivity contribution is 5.79. The molecule has 2 N–H and O–H groups in total. The van der Waals surface area contributed by atoms with Crippen LogP contribution >= 0.6 is 0 Å². The summed E-state index contributed by atoms with van der Waals surface area (Å²) in [4.78, 5) is 18.1. The number of aliphatic imine (C=N–C) groups is 1. The van der Waals surface area contributed by atoms with Crippen molar-refractivity contribution in [2.75, 3.05) is 50.7 Å². The highest BCUT2D eigenvalue weighted by Gasteiger charge is 2.18. The van der Waals surface area contributed by atoms with Crippen LogP contribution in [0.3, 0.4) is 0 Å². The molecule has 0 saturated carbocycles. The van der Waals surface area contributed by atoms with Crippen LogP contribution in [0.2, 0.25) is 0 Å². The van der Waals surface area contributed by atoms with Crippen LogP contribution in [0.1, 0.15) is 18.1 Å². The van der Waals surface area contributed by atoms with E-state index in [1.165, 1.54) is 11.1 Å². The summed E-state index contributed by atoms with van der Waals surface area (Å²) in [5.41, 5.74) is 2.54. The van der Waals surface area contributed by atoms with Crippen molar-refractivity contribution in [1.82, 2.24) is 25.5 Å². The molecule has 2 heterocycles. The zero-order chi connectivity index (χ0) is 19.6. The van der Waals surface area contributed by atoms with Gasteiger partial charge in [0.15, 0.2) is 5.96 Å². The maximum absolute atomic E-state index is 4.73. The number of rotatable bonds is 7. The molecular formula is C21H31N7. The fourth-order valence-electron chi connectivity index (χ4n) is 3.25. The fraction of sp³-hybridized carbons (Fsp3) is 0.476. The van der Waals surface area contributed by atoms with Gasteiger partial charge in [-0.1, -0.05) is 24.3 Å². The molecule has 1 saturated heterocycles. The van der Waals surface area contributed by atoms with E-state index in [1.807, 2.05) is 6.07 Å². The largest absolute Gasteiger partial charge is 0.357 e. The molecule has 0 radical (unpaired) electrons. The highest BCUT2D eigenvalue weighted by atomic mass is 15.3. The van der Waals surface area contributed by atoms with Crippen LogP contribution in [-0.4, -0.2) is 66.6 Å². The van der Waals surface area contributed by atoms with Crippen molar-refractivity contribution >= 4 is 11.9 Å². The van der Waals surface area contributed by atoms with Crippen LogP contribution in [0.25, 0.3) is 0 Å². The monoisotopic (exact) mass is 381 g/mol. The van der Waals surface area contributed by atoms with Gasteiger partial charge in [0.25, 0.3) is 0 Å². The van der Waals surface area contributed by atoms with Gasteiger partial charge in [0.1, 0.15) is 0 Å². The summed E-state index contributed by atoms with van der Waals surface area (Å²) in [5.74, 6) is 1.71. The Kier molecular flexibility index (Phi) is 7.61. The van der Waals surface area contributed by atoms with Crippen molar-refractivity contribution in [2.24, 2.45) is 4.99 Å².